The molecule has 0 aliphatic heterocycles. The molecule has 0 bridgehead atoms. The maximum Gasteiger partial charge on any atom is 0.251 e. The Balaban J connectivity index is 1.87. The van der Waals surface area contributed by atoms with Gasteiger partial charge < -0.3 is 5.32 Å². The Morgan fingerprint density at radius 3 is 2.36 bits per heavy atom. The fraction of sp³-hybridized carbons (Fsp3) is 0.278. The van der Waals surface area contributed by atoms with Crippen molar-refractivity contribution < 1.29 is 17.6 Å². The summed E-state index contributed by atoms with van der Waals surface area (Å²) in [5.41, 5.74) is 1.25. The molecule has 1 aliphatic carbocycles. The van der Waals surface area contributed by atoms with Gasteiger partial charge in [-0.15, -0.1) is 0 Å². The largest absolute Gasteiger partial charge is 0.355 e. The average molecular weight is 362 g/mol. The number of nitrogens with one attached hydrogen (secondary N) is 1. The van der Waals surface area contributed by atoms with Crippen LogP contribution in [0.1, 0.15) is 28.8 Å². The number of amides is 1. The fourth-order valence-corrected chi connectivity index (χ4v) is 4.38. The molecule has 0 saturated heterocycles. The van der Waals surface area contributed by atoms with Gasteiger partial charge in [0.05, 0.1) is 0 Å². The molecular weight excluding hydrogens is 343 g/mol. The molecule has 25 heavy (non-hydrogen) atoms. The minimum absolute atomic E-state index is 0.108. The summed E-state index contributed by atoms with van der Waals surface area (Å²) in [4.78, 5) is 11.3. The Morgan fingerprint density at radius 2 is 1.80 bits per heavy atom. The first-order valence-corrected chi connectivity index (χ1v) is 9.45. The number of sulfonamides is 1. The Kier molecular flexibility index (Phi) is 4.87. The van der Waals surface area contributed by atoms with Crippen molar-refractivity contribution in [2.45, 2.75) is 30.3 Å². The van der Waals surface area contributed by atoms with Gasteiger partial charge in [0.15, 0.2) is 0 Å². The van der Waals surface area contributed by atoms with Crippen molar-refractivity contribution in [3.05, 3.63) is 65.5 Å². The lowest BCUT2D eigenvalue weighted by Crippen LogP contribution is -2.33. The van der Waals surface area contributed by atoms with Gasteiger partial charge in [0.25, 0.3) is 5.91 Å². The van der Waals surface area contributed by atoms with E-state index in [4.69, 9.17) is 0 Å². The van der Waals surface area contributed by atoms with Crippen molar-refractivity contribution in [3.8, 4) is 0 Å². The quantitative estimate of drug-likeness (QED) is 0.859. The van der Waals surface area contributed by atoms with Gasteiger partial charge in [0, 0.05) is 25.2 Å². The summed E-state index contributed by atoms with van der Waals surface area (Å²) in [7, 11) is -2.37. The molecule has 7 heteroatoms. The third-order valence-corrected chi connectivity index (χ3v) is 6.09. The van der Waals surface area contributed by atoms with E-state index in [0.717, 1.165) is 24.5 Å². The van der Waals surface area contributed by atoms with Crippen LogP contribution in [-0.4, -0.2) is 31.7 Å². The number of carbonyl (C=O) groups excluding carboxylic acids is 1. The number of hydrogen-bond acceptors (Lipinski definition) is 3. The Morgan fingerprint density at radius 1 is 1.16 bits per heavy atom. The highest BCUT2D eigenvalue weighted by Gasteiger charge is 2.39. The monoisotopic (exact) mass is 362 g/mol. The second-order valence-corrected chi connectivity index (χ2v) is 7.85. The minimum atomic E-state index is -3.92. The normalized spacial score (nSPS) is 14.5. The number of halogens is 1. The van der Waals surface area contributed by atoms with Crippen molar-refractivity contribution >= 4 is 15.9 Å². The summed E-state index contributed by atoms with van der Waals surface area (Å²) in [6.07, 6.45) is 1.54. The first-order valence-electron chi connectivity index (χ1n) is 8.01. The van der Waals surface area contributed by atoms with Crippen LogP contribution in [0.3, 0.4) is 0 Å². The van der Waals surface area contributed by atoms with Gasteiger partial charge in [0.2, 0.25) is 10.0 Å². The summed E-state index contributed by atoms with van der Waals surface area (Å²) < 4.78 is 41.1. The number of rotatable bonds is 6. The highest BCUT2D eigenvalue weighted by Crippen LogP contribution is 2.34. The molecule has 1 N–H and O–H groups in total. The zero-order valence-electron chi connectivity index (χ0n) is 13.8. The number of hydrogen-bond donors (Lipinski definition) is 1. The highest BCUT2D eigenvalue weighted by atomic mass is 32.2. The highest BCUT2D eigenvalue weighted by molar-refractivity contribution is 7.89. The maximum absolute atomic E-state index is 14.0. The zero-order valence-corrected chi connectivity index (χ0v) is 14.6. The number of nitrogens with zero attached hydrogens (tertiary/aromatic N) is 1. The molecule has 132 valence electrons. The summed E-state index contributed by atoms with van der Waals surface area (Å²) in [5.74, 6) is -0.951. The van der Waals surface area contributed by atoms with Gasteiger partial charge in [-0.1, -0.05) is 24.3 Å². The van der Waals surface area contributed by atoms with Crippen LogP contribution in [0.25, 0.3) is 0 Å². The standard InChI is InChI=1S/C18H19FN2O3S/c1-20-18(22)14-8-6-13(7-9-14)12-21(15-10-11-15)25(23,24)17-5-3-2-4-16(17)19/h2-9,15H,10-12H2,1H3,(H,20,22). The van der Waals surface area contributed by atoms with Gasteiger partial charge >= 0.3 is 0 Å². The summed E-state index contributed by atoms with van der Waals surface area (Å²) in [5, 5.41) is 2.53. The Labute approximate surface area is 146 Å². The fourth-order valence-electron chi connectivity index (χ4n) is 2.64. The van der Waals surface area contributed by atoms with E-state index in [9.17, 15) is 17.6 Å². The molecule has 0 aromatic heterocycles. The molecule has 0 spiro atoms. The molecule has 3 rings (SSSR count). The van der Waals surface area contributed by atoms with Crippen LogP contribution in [0.5, 0.6) is 0 Å². The molecule has 2 aromatic carbocycles. The van der Waals surface area contributed by atoms with Crippen LogP contribution in [0, 0.1) is 5.82 Å². The molecule has 0 atom stereocenters. The van der Waals surface area contributed by atoms with Crippen molar-refractivity contribution in [2.24, 2.45) is 0 Å². The third-order valence-electron chi connectivity index (χ3n) is 4.16. The first kappa shape index (κ1) is 17.6. The maximum atomic E-state index is 14.0. The Hall–Kier alpha value is -2.25. The van der Waals surface area contributed by atoms with Gasteiger partial charge in [-0.2, -0.15) is 4.31 Å². The lowest BCUT2D eigenvalue weighted by molar-refractivity contribution is 0.0963. The third kappa shape index (κ3) is 3.72. The first-order chi connectivity index (χ1) is 11.9. The second kappa shape index (κ2) is 6.93. The molecular formula is C18H19FN2O3S. The lowest BCUT2D eigenvalue weighted by atomic mass is 10.1. The molecule has 1 fully saturated rings. The van der Waals surface area contributed by atoms with Crippen LogP contribution in [0.4, 0.5) is 4.39 Å². The smallest absolute Gasteiger partial charge is 0.251 e. The molecule has 2 aromatic rings. The molecule has 0 radical (unpaired) electrons. The van der Waals surface area contributed by atoms with Gasteiger partial charge in [-0.3, -0.25) is 4.79 Å². The van der Waals surface area contributed by atoms with Crippen LogP contribution in [-0.2, 0) is 16.6 Å². The van der Waals surface area contributed by atoms with E-state index < -0.39 is 15.8 Å². The van der Waals surface area contributed by atoms with E-state index in [2.05, 4.69) is 5.32 Å². The van der Waals surface area contributed by atoms with Crippen LogP contribution < -0.4 is 5.32 Å². The summed E-state index contributed by atoms with van der Waals surface area (Å²) in [6.45, 7) is 0.148. The lowest BCUT2D eigenvalue weighted by Gasteiger charge is -2.22. The molecule has 1 saturated carbocycles. The molecule has 5 nitrogen and oxygen atoms in total. The van der Waals surface area contributed by atoms with Crippen molar-refractivity contribution in [1.82, 2.24) is 9.62 Å². The SMILES string of the molecule is CNC(=O)c1ccc(CN(C2CC2)S(=O)(=O)c2ccccc2F)cc1. The van der Waals surface area contributed by atoms with Crippen LogP contribution >= 0.6 is 0 Å². The van der Waals surface area contributed by atoms with Gasteiger partial charge in [0.1, 0.15) is 10.7 Å². The predicted molar refractivity (Wildman–Crippen MR) is 92.0 cm³/mol. The van der Waals surface area contributed by atoms with Crippen molar-refractivity contribution in [1.29, 1.82) is 0 Å². The van der Waals surface area contributed by atoms with Crippen LogP contribution in [0.2, 0.25) is 0 Å². The summed E-state index contributed by atoms with van der Waals surface area (Å²) in [6, 6.07) is 12.0. The number of carbonyl (C=O) groups is 1. The number of benzene rings is 2. The van der Waals surface area contributed by atoms with E-state index in [1.807, 2.05) is 0 Å². The zero-order chi connectivity index (χ0) is 18.0. The van der Waals surface area contributed by atoms with E-state index in [1.54, 1.807) is 31.3 Å². The van der Waals surface area contributed by atoms with Crippen LogP contribution in [0.15, 0.2) is 53.4 Å². The van der Waals surface area contributed by atoms with E-state index in [1.165, 1.54) is 22.5 Å². The van der Waals surface area contributed by atoms with Crippen molar-refractivity contribution in [2.75, 3.05) is 7.05 Å². The van der Waals surface area contributed by atoms with E-state index in [0.29, 0.717) is 5.56 Å². The van der Waals surface area contributed by atoms with E-state index in [-0.39, 0.29) is 23.4 Å². The Bertz CT molecular complexity index is 877. The van der Waals surface area contributed by atoms with Gasteiger partial charge in [-0.25, -0.2) is 12.8 Å². The molecule has 1 amide bonds. The summed E-state index contributed by atoms with van der Waals surface area (Å²) >= 11 is 0. The topological polar surface area (TPSA) is 66.5 Å². The minimum Gasteiger partial charge on any atom is -0.355 e. The molecule has 0 unspecified atom stereocenters. The van der Waals surface area contributed by atoms with Crippen molar-refractivity contribution in [3.63, 3.8) is 0 Å². The molecule has 1 aliphatic rings. The predicted octanol–water partition coefficient (Wildman–Crippen LogP) is 2.54. The average Bonchev–Trinajstić information content (AvgIpc) is 3.44. The van der Waals surface area contributed by atoms with E-state index >= 15 is 0 Å². The van der Waals surface area contributed by atoms with Gasteiger partial charge in [-0.05, 0) is 42.7 Å². The molecule has 0 heterocycles. The second-order valence-electron chi connectivity index (χ2n) is 5.99.